The molecule has 0 bridgehead atoms. The number of aromatic nitrogens is 4. The van der Waals surface area contributed by atoms with E-state index < -0.39 is 0 Å². The number of likely N-dealkylation sites (tertiary alicyclic amines) is 1. The van der Waals surface area contributed by atoms with Crippen LogP contribution in [0.3, 0.4) is 0 Å². The lowest BCUT2D eigenvalue weighted by atomic mass is 10.2. The number of nitrogens with zero attached hydrogens (tertiary/aromatic N) is 5. The molecule has 24 heavy (non-hydrogen) atoms. The van der Waals surface area contributed by atoms with E-state index in [2.05, 4.69) is 15.1 Å². The van der Waals surface area contributed by atoms with Crippen molar-refractivity contribution in [1.29, 1.82) is 0 Å². The molecule has 1 amide bonds. The molecule has 0 saturated carbocycles. The molecule has 7 nitrogen and oxygen atoms in total. The number of fused-ring (bicyclic) bond motifs is 1. The lowest BCUT2D eigenvalue weighted by Crippen LogP contribution is -2.33. The monoisotopic (exact) mass is 323 g/mol. The minimum absolute atomic E-state index is 0.0260. The highest BCUT2D eigenvalue weighted by Crippen LogP contribution is 2.20. The maximum Gasteiger partial charge on any atom is 0.244 e. The van der Waals surface area contributed by atoms with E-state index in [1.165, 1.54) is 11.0 Å². The summed E-state index contributed by atoms with van der Waals surface area (Å²) in [5.74, 6) is 0.627. The highest BCUT2D eigenvalue weighted by Gasteiger charge is 2.28. The summed E-state index contributed by atoms with van der Waals surface area (Å²) in [6, 6.07) is 11.8. The molecule has 1 atom stereocenters. The SMILES string of the molecule is O=C(Cn1cncn1)N1CCC(Oc2ccc3ccccc3n2)C1. The number of pyridine rings is 1. The second-order valence-electron chi connectivity index (χ2n) is 5.80. The standard InChI is InChI=1S/C17H17N5O2/c23-17(10-22-12-18-11-19-22)21-8-7-14(9-21)24-16-6-5-13-3-1-2-4-15(13)20-16/h1-6,11-12,14H,7-10H2. The second kappa shape index (κ2) is 6.27. The first-order valence-corrected chi connectivity index (χ1v) is 7.90. The largest absolute Gasteiger partial charge is 0.472 e. The predicted molar refractivity (Wildman–Crippen MR) is 87.4 cm³/mol. The Morgan fingerprint density at radius 3 is 3.04 bits per heavy atom. The molecule has 2 aromatic heterocycles. The van der Waals surface area contributed by atoms with Gasteiger partial charge in [0.1, 0.15) is 25.3 Å². The van der Waals surface area contributed by atoms with Crippen molar-refractivity contribution in [3.8, 4) is 5.88 Å². The fraction of sp³-hybridized carbons (Fsp3) is 0.294. The van der Waals surface area contributed by atoms with Gasteiger partial charge in [-0.15, -0.1) is 0 Å². The number of hydrogen-bond acceptors (Lipinski definition) is 5. The third kappa shape index (κ3) is 3.05. The van der Waals surface area contributed by atoms with E-state index in [9.17, 15) is 4.79 Å². The number of benzene rings is 1. The average Bonchev–Trinajstić information content (AvgIpc) is 3.27. The lowest BCUT2D eigenvalue weighted by molar-refractivity contribution is -0.131. The van der Waals surface area contributed by atoms with Gasteiger partial charge in [-0.05, 0) is 12.1 Å². The molecule has 0 radical (unpaired) electrons. The molecule has 1 unspecified atom stereocenters. The Morgan fingerprint density at radius 2 is 2.17 bits per heavy atom. The normalized spacial score (nSPS) is 17.3. The van der Waals surface area contributed by atoms with Crippen molar-refractivity contribution in [1.82, 2.24) is 24.6 Å². The van der Waals surface area contributed by atoms with Gasteiger partial charge in [0, 0.05) is 24.4 Å². The van der Waals surface area contributed by atoms with Gasteiger partial charge < -0.3 is 9.64 Å². The van der Waals surface area contributed by atoms with Crippen molar-refractivity contribution in [3.63, 3.8) is 0 Å². The fourth-order valence-electron chi connectivity index (χ4n) is 2.89. The number of amides is 1. The summed E-state index contributed by atoms with van der Waals surface area (Å²) in [6.07, 6.45) is 3.74. The van der Waals surface area contributed by atoms with Crippen molar-refractivity contribution in [3.05, 3.63) is 49.1 Å². The Morgan fingerprint density at radius 1 is 1.25 bits per heavy atom. The topological polar surface area (TPSA) is 73.1 Å². The van der Waals surface area contributed by atoms with Gasteiger partial charge in [-0.2, -0.15) is 5.10 Å². The van der Waals surface area contributed by atoms with Gasteiger partial charge in [0.2, 0.25) is 11.8 Å². The molecule has 122 valence electrons. The van der Waals surface area contributed by atoms with Crippen LogP contribution in [0.1, 0.15) is 6.42 Å². The molecule has 1 aliphatic heterocycles. The summed E-state index contributed by atoms with van der Waals surface area (Å²) in [5, 5.41) is 5.04. The van der Waals surface area contributed by atoms with Crippen LogP contribution in [0.15, 0.2) is 49.1 Å². The maximum absolute atomic E-state index is 12.3. The summed E-state index contributed by atoms with van der Waals surface area (Å²) < 4.78 is 7.49. The van der Waals surface area contributed by atoms with Gasteiger partial charge >= 0.3 is 0 Å². The summed E-state index contributed by atoms with van der Waals surface area (Å²) >= 11 is 0. The van der Waals surface area contributed by atoms with Crippen molar-refractivity contribution in [2.75, 3.05) is 13.1 Å². The predicted octanol–water partition coefficient (Wildman–Crippen LogP) is 1.51. The van der Waals surface area contributed by atoms with E-state index in [0.717, 1.165) is 17.3 Å². The number of ether oxygens (including phenoxy) is 1. The number of carbonyl (C=O) groups excluding carboxylic acids is 1. The number of hydrogen-bond donors (Lipinski definition) is 0. The van der Waals surface area contributed by atoms with Crippen LogP contribution in [-0.2, 0) is 11.3 Å². The van der Waals surface area contributed by atoms with Crippen LogP contribution >= 0.6 is 0 Å². The Labute approximate surface area is 138 Å². The minimum Gasteiger partial charge on any atom is -0.472 e. The quantitative estimate of drug-likeness (QED) is 0.727. The van der Waals surface area contributed by atoms with Crippen molar-refractivity contribution >= 4 is 16.8 Å². The first-order valence-electron chi connectivity index (χ1n) is 7.90. The van der Waals surface area contributed by atoms with Gasteiger partial charge in [0.25, 0.3) is 0 Å². The average molecular weight is 323 g/mol. The second-order valence-corrected chi connectivity index (χ2v) is 5.80. The molecule has 7 heteroatoms. The summed E-state index contributed by atoms with van der Waals surface area (Å²) in [7, 11) is 0. The molecular formula is C17H17N5O2. The number of carbonyl (C=O) groups is 1. The number of para-hydroxylation sites is 1. The van der Waals surface area contributed by atoms with E-state index in [1.807, 2.05) is 36.4 Å². The van der Waals surface area contributed by atoms with Gasteiger partial charge in [-0.1, -0.05) is 18.2 Å². The van der Waals surface area contributed by atoms with Crippen LogP contribution in [0.5, 0.6) is 5.88 Å². The summed E-state index contributed by atoms with van der Waals surface area (Å²) in [5.41, 5.74) is 0.909. The summed E-state index contributed by atoms with van der Waals surface area (Å²) in [4.78, 5) is 22.4. The van der Waals surface area contributed by atoms with E-state index in [-0.39, 0.29) is 18.6 Å². The first kappa shape index (κ1) is 14.6. The molecule has 3 heterocycles. The number of rotatable bonds is 4. The van der Waals surface area contributed by atoms with E-state index in [0.29, 0.717) is 19.0 Å². The molecule has 1 fully saturated rings. The van der Waals surface area contributed by atoms with Crippen LogP contribution in [-0.4, -0.2) is 49.7 Å². The van der Waals surface area contributed by atoms with Gasteiger partial charge in [-0.3, -0.25) is 4.79 Å². The Balaban J connectivity index is 1.38. The Bertz CT molecular complexity index is 849. The fourth-order valence-corrected chi connectivity index (χ4v) is 2.89. The Hall–Kier alpha value is -2.96. The lowest BCUT2D eigenvalue weighted by Gasteiger charge is -2.17. The minimum atomic E-state index is -0.0293. The van der Waals surface area contributed by atoms with E-state index >= 15 is 0 Å². The van der Waals surface area contributed by atoms with E-state index in [4.69, 9.17) is 4.74 Å². The molecular weight excluding hydrogens is 306 g/mol. The zero-order chi connectivity index (χ0) is 16.4. The van der Waals surface area contributed by atoms with Crippen molar-refractivity contribution < 1.29 is 9.53 Å². The molecule has 0 spiro atoms. The van der Waals surface area contributed by atoms with Crippen LogP contribution < -0.4 is 4.74 Å². The molecule has 0 aliphatic carbocycles. The Kier molecular flexibility index (Phi) is 3.82. The highest BCUT2D eigenvalue weighted by molar-refractivity contribution is 5.78. The third-order valence-electron chi connectivity index (χ3n) is 4.12. The molecule has 3 aromatic rings. The van der Waals surface area contributed by atoms with Crippen LogP contribution in [0, 0.1) is 0 Å². The van der Waals surface area contributed by atoms with Gasteiger partial charge in [0.05, 0.1) is 12.1 Å². The molecule has 1 saturated heterocycles. The van der Waals surface area contributed by atoms with Gasteiger partial charge in [-0.25, -0.2) is 14.6 Å². The van der Waals surface area contributed by atoms with Gasteiger partial charge in [0.15, 0.2) is 0 Å². The third-order valence-corrected chi connectivity index (χ3v) is 4.12. The smallest absolute Gasteiger partial charge is 0.244 e. The highest BCUT2D eigenvalue weighted by atomic mass is 16.5. The zero-order valence-electron chi connectivity index (χ0n) is 13.1. The van der Waals surface area contributed by atoms with Crippen molar-refractivity contribution in [2.45, 2.75) is 19.1 Å². The van der Waals surface area contributed by atoms with E-state index in [1.54, 1.807) is 11.2 Å². The zero-order valence-corrected chi connectivity index (χ0v) is 13.1. The van der Waals surface area contributed by atoms with Crippen LogP contribution in [0.4, 0.5) is 0 Å². The first-order chi connectivity index (χ1) is 11.8. The maximum atomic E-state index is 12.3. The van der Waals surface area contributed by atoms with Crippen molar-refractivity contribution in [2.24, 2.45) is 0 Å². The van der Waals surface area contributed by atoms with Crippen LogP contribution in [0.25, 0.3) is 10.9 Å². The summed E-state index contributed by atoms with van der Waals surface area (Å²) in [6.45, 7) is 1.47. The van der Waals surface area contributed by atoms with Crippen LogP contribution in [0.2, 0.25) is 0 Å². The molecule has 0 N–H and O–H groups in total. The molecule has 1 aromatic carbocycles. The molecule has 4 rings (SSSR count). The molecule has 1 aliphatic rings.